The Labute approximate surface area is 196 Å². The van der Waals surface area contributed by atoms with Gasteiger partial charge in [0.2, 0.25) is 5.69 Å². The second-order valence-electron chi connectivity index (χ2n) is 9.93. The number of carbonyl (C=O) groups excluding carboxylic acids is 1. The molecular weight excluding hydrogens is 414 g/mol. The van der Waals surface area contributed by atoms with Crippen molar-refractivity contribution in [2.75, 3.05) is 6.61 Å². The lowest BCUT2D eigenvalue weighted by atomic mass is 9.91. The second kappa shape index (κ2) is 9.69. The molecule has 1 aromatic carbocycles. The molecular formula is C27H35N3O3. The Morgan fingerprint density at radius 3 is 2.36 bits per heavy atom. The Hall–Kier alpha value is -2.65. The summed E-state index contributed by atoms with van der Waals surface area (Å²) >= 11 is 0. The zero-order chi connectivity index (χ0) is 23.7. The van der Waals surface area contributed by atoms with E-state index in [1.807, 2.05) is 28.8 Å². The lowest BCUT2D eigenvalue weighted by Gasteiger charge is -2.44. The molecule has 0 spiro atoms. The molecule has 33 heavy (non-hydrogen) atoms. The van der Waals surface area contributed by atoms with Crippen molar-refractivity contribution >= 4 is 17.0 Å². The van der Waals surface area contributed by atoms with Crippen LogP contribution in [0.25, 0.3) is 11.0 Å². The van der Waals surface area contributed by atoms with Crippen molar-refractivity contribution in [1.29, 1.82) is 0 Å². The first-order valence-corrected chi connectivity index (χ1v) is 12.3. The Balaban J connectivity index is 1.72. The first kappa shape index (κ1) is 23.5. The van der Waals surface area contributed by atoms with E-state index in [1.165, 1.54) is 0 Å². The van der Waals surface area contributed by atoms with E-state index in [1.54, 1.807) is 6.92 Å². The van der Waals surface area contributed by atoms with E-state index in [4.69, 9.17) is 4.74 Å². The molecule has 0 aliphatic carbocycles. The molecule has 6 heteroatoms. The highest BCUT2D eigenvalue weighted by molar-refractivity contribution is 5.89. The van der Waals surface area contributed by atoms with Crippen molar-refractivity contribution in [2.45, 2.75) is 84.5 Å². The van der Waals surface area contributed by atoms with Crippen molar-refractivity contribution in [2.24, 2.45) is 11.8 Å². The number of nitrogens with zero attached hydrogens (tertiary/aromatic N) is 3. The van der Waals surface area contributed by atoms with Crippen molar-refractivity contribution in [1.82, 2.24) is 14.5 Å². The van der Waals surface area contributed by atoms with Crippen LogP contribution in [0.4, 0.5) is 0 Å². The molecule has 2 fully saturated rings. The van der Waals surface area contributed by atoms with Crippen LogP contribution in [0.5, 0.6) is 0 Å². The normalized spacial score (nSPS) is 23.5. The molecule has 2 aliphatic rings. The molecule has 4 atom stereocenters. The first-order valence-electron chi connectivity index (χ1n) is 12.3. The predicted octanol–water partition coefficient (Wildman–Crippen LogP) is 4.43. The number of hydrogen-bond donors (Lipinski definition) is 0. The van der Waals surface area contributed by atoms with Gasteiger partial charge in [-0.3, -0.25) is 9.69 Å². The number of rotatable bonds is 5. The fourth-order valence-electron chi connectivity index (χ4n) is 5.54. The molecule has 0 amide bonds. The maximum absolute atomic E-state index is 13.5. The largest absolute Gasteiger partial charge is 0.461 e. The highest BCUT2D eigenvalue weighted by Crippen LogP contribution is 2.43. The summed E-state index contributed by atoms with van der Waals surface area (Å²) in [5.74, 6) is 7.10. The topological polar surface area (TPSA) is 64.4 Å². The molecule has 2 saturated heterocycles. The summed E-state index contributed by atoms with van der Waals surface area (Å²) in [6.07, 6.45) is 3.99. The van der Waals surface area contributed by atoms with Crippen molar-refractivity contribution < 1.29 is 9.53 Å². The number of carbonyl (C=O) groups is 1. The highest BCUT2D eigenvalue weighted by atomic mass is 16.5. The van der Waals surface area contributed by atoms with Crippen molar-refractivity contribution in [3.8, 4) is 11.8 Å². The number of hydrogen-bond acceptors (Lipinski definition) is 5. The fourth-order valence-corrected chi connectivity index (χ4v) is 5.54. The van der Waals surface area contributed by atoms with Gasteiger partial charge in [-0.1, -0.05) is 51.7 Å². The van der Waals surface area contributed by atoms with E-state index in [0.717, 1.165) is 31.2 Å². The quantitative estimate of drug-likeness (QED) is 0.499. The maximum atomic E-state index is 13.5. The average Bonchev–Trinajstić information content (AvgIpc) is 3.01. The monoisotopic (exact) mass is 449 g/mol. The molecule has 2 aromatic rings. The van der Waals surface area contributed by atoms with E-state index < -0.39 is 5.97 Å². The fraction of sp³-hybridized carbons (Fsp3) is 0.593. The van der Waals surface area contributed by atoms with E-state index in [0.29, 0.717) is 29.4 Å². The Kier molecular flexibility index (Phi) is 6.90. The van der Waals surface area contributed by atoms with Crippen LogP contribution in [0.1, 0.15) is 76.8 Å². The van der Waals surface area contributed by atoms with Gasteiger partial charge in [-0.05, 0) is 50.7 Å². The number of esters is 1. The highest BCUT2D eigenvalue weighted by Gasteiger charge is 2.45. The first-order chi connectivity index (χ1) is 15.8. The van der Waals surface area contributed by atoms with Gasteiger partial charge in [-0.2, -0.15) is 0 Å². The number of para-hydroxylation sites is 2. The molecule has 2 bridgehead atoms. The van der Waals surface area contributed by atoms with Crippen molar-refractivity contribution in [3.05, 3.63) is 40.3 Å². The van der Waals surface area contributed by atoms with Gasteiger partial charge in [-0.25, -0.2) is 9.78 Å². The zero-order valence-corrected chi connectivity index (χ0v) is 20.4. The minimum absolute atomic E-state index is 0.0261. The summed E-state index contributed by atoms with van der Waals surface area (Å²) in [4.78, 5) is 33.0. The van der Waals surface area contributed by atoms with E-state index in [2.05, 4.69) is 49.4 Å². The van der Waals surface area contributed by atoms with Crippen LogP contribution in [0.2, 0.25) is 0 Å². The van der Waals surface area contributed by atoms with Gasteiger partial charge in [-0.15, -0.1) is 0 Å². The number of piperidine rings is 1. The number of aromatic nitrogens is 2. The Morgan fingerprint density at radius 2 is 1.76 bits per heavy atom. The molecule has 176 valence electrons. The molecule has 3 unspecified atom stereocenters. The second-order valence-corrected chi connectivity index (χ2v) is 9.93. The lowest BCUT2D eigenvalue weighted by Crippen LogP contribution is -2.51. The summed E-state index contributed by atoms with van der Waals surface area (Å²) in [6, 6.07) is 8.60. The molecule has 0 radical (unpaired) electrons. The molecule has 4 rings (SSSR count). The van der Waals surface area contributed by atoms with Gasteiger partial charge < -0.3 is 9.30 Å². The molecule has 6 nitrogen and oxygen atoms in total. The minimum Gasteiger partial charge on any atom is -0.461 e. The third-order valence-electron chi connectivity index (χ3n) is 6.87. The SMILES string of the molecule is CCOC(=O)c1nc2ccccc2n(C2CC3CC[C@H](C2)N3C(C#CC(C)C)C(C)C)c1=O. The van der Waals surface area contributed by atoms with Gasteiger partial charge in [0.25, 0.3) is 5.56 Å². The van der Waals surface area contributed by atoms with Gasteiger partial charge in [0.1, 0.15) is 0 Å². The van der Waals surface area contributed by atoms with E-state index >= 15 is 0 Å². The van der Waals surface area contributed by atoms with Gasteiger partial charge in [0, 0.05) is 24.0 Å². The molecule has 3 heterocycles. The standard InChI is InChI=1S/C27H35N3O3/c1-6-33-27(32)25-26(31)30(24-10-8-7-9-22(24)28-25)21-15-19-12-13-20(16-21)29(19)23(18(4)5)14-11-17(2)3/h7-10,17-21,23H,6,12-13,15-16H2,1-5H3/t19-,20?,21?,23?/m1/s1. The third kappa shape index (κ3) is 4.56. The maximum Gasteiger partial charge on any atom is 0.362 e. The van der Waals surface area contributed by atoms with Crippen LogP contribution in [0, 0.1) is 23.7 Å². The molecule has 1 aromatic heterocycles. The number of ether oxygens (including phenoxy) is 1. The lowest BCUT2D eigenvalue weighted by molar-refractivity contribution is 0.0513. The van der Waals surface area contributed by atoms with Crippen LogP contribution >= 0.6 is 0 Å². The predicted molar refractivity (Wildman–Crippen MR) is 130 cm³/mol. The van der Waals surface area contributed by atoms with E-state index in [-0.39, 0.29) is 29.9 Å². The molecule has 0 N–H and O–H groups in total. The Bertz CT molecular complexity index is 1130. The average molecular weight is 450 g/mol. The summed E-state index contributed by atoms with van der Waals surface area (Å²) in [6.45, 7) is 10.7. The Morgan fingerprint density at radius 1 is 1.09 bits per heavy atom. The van der Waals surface area contributed by atoms with Gasteiger partial charge in [0.05, 0.1) is 23.7 Å². The number of benzene rings is 1. The summed E-state index contributed by atoms with van der Waals surface area (Å²) < 4.78 is 6.96. The van der Waals surface area contributed by atoms with E-state index in [9.17, 15) is 9.59 Å². The third-order valence-corrected chi connectivity index (χ3v) is 6.87. The summed E-state index contributed by atoms with van der Waals surface area (Å²) in [7, 11) is 0. The van der Waals surface area contributed by atoms with Gasteiger partial charge in [0.15, 0.2) is 0 Å². The van der Waals surface area contributed by atoms with Crippen LogP contribution in [0.15, 0.2) is 29.1 Å². The van der Waals surface area contributed by atoms with Crippen molar-refractivity contribution in [3.63, 3.8) is 0 Å². The van der Waals surface area contributed by atoms with Crippen LogP contribution in [-0.2, 0) is 4.74 Å². The molecule has 2 aliphatic heterocycles. The summed E-state index contributed by atoms with van der Waals surface area (Å²) in [5.41, 5.74) is 0.976. The molecule has 0 saturated carbocycles. The van der Waals surface area contributed by atoms with Gasteiger partial charge >= 0.3 is 5.97 Å². The zero-order valence-electron chi connectivity index (χ0n) is 20.4. The minimum atomic E-state index is -0.647. The van der Waals surface area contributed by atoms with Crippen LogP contribution in [0.3, 0.4) is 0 Å². The van der Waals surface area contributed by atoms with Crippen LogP contribution in [-0.4, -0.2) is 45.2 Å². The van der Waals surface area contributed by atoms with Crippen LogP contribution < -0.4 is 5.56 Å². The number of fused-ring (bicyclic) bond motifs is 3. The smallest absolute Gasteiger partial charge is 0.362 e. The summed E-state index contributed by atoms with van der Waals surface area (Å²) in [5, 5.41) is 0.